The zero-order valence-electron chi connectivity index (χ0n) is 15.2. The van der Waals surface area contributed by atoms with Crippen LogP contribution in [0.15, 0.2) is 30.3 Å². The first-order valence-corrected chi connectivity index (χ1v) is 9.64. The molecule has 148 valence electrons. The van der Waals surface area contributed by atoms with Crippen LogP contribution >= 0.6 is 23.2 Å². The molecule has 0 aliphatic carbocycles. The lowest BCUT2D eigenvalue weighted by Gasteiger charge is -2.16. The number of benzene rings is 2. The fourth-order valence-corrected chi connectivity index (χ4v) is 3.04. The third-order valence-electron chi connectivity index (χ3n) is 3.88. The van der Waals surface area contributed by atoms with Crippen molar-refractivity contribution in [2.45, 2.75) is 32.9 Å². The maximum Gasteiger partial charge on any atom is 0.180 e. The first-order chi connectivity index (χ1) is 13.1. The van der Waals surface area contributed by atoms with E-state index in [1.54, 1.807) is 18.2 Å². The van der Waals surface area contributed by atoms with E-state index in [1.807, 2.05) is 13.0 Å². The largest absolute Gasteiger partial charge is 0.490 e. The minimum Gasteiger partial charge on any atom is -0.490 e. The maximum absolute atomic E-state index is 13.9. The highest BCUT2D eigenvalue weighted by Gasteiger charge is 2.15. The van der Waals surface area contributed by atoms with Gasteiger partial charge in [-0.1, -0.05) is 29.3 Å². The molecule has 2 rings (SSSR count). The van der Waals surface area contributed by atoms with Crippen molar-refractivity contribution in [2.24, 2.45) is 0 Å². The fourth-order valence-electron chi connectivity index (χ4n) is 2.54. The summed E-state index contributed by atoms with van der Waals surface area (Å²) < 4.78 is 25.3. The van der Waals surface area contributed by atoms with Crippen LogP contribution in [0.3, 0.4) is 0 Å². The van der Waals surface area contributed by atoms with E-state index in [0.29, 0.717) is 34.7 Å². The Morgan fingerprint density at radius 2 is 1.93 bits per heavy atom. The van der Waals surface area contributed by atoms with Crippen molar-refractivity contribution in [3.63, 3.8) is 0 Å². The van der Waals surface area contributed by atoms with E-state index in [4.69, 9.17) is 37.8 Å². The molecule has 0 amide bonds. The van der Waals surface area contributed by atoms with E-state index in [9.17, 15) is 4.39 Å². The Bertz CT molecular complexity index is 723. The number of halogens is 3. The van der Waals surface area contributed by atoms with Crippen molar-refractivity contribution in [3.8, 4) is 11.5 Å². The van der Waals surface area contributed by atoms with Gasteiger partial charge in [0.25, 0.3) is 0 Å². The molecule has 0 bridgehead atoms. The Hall–Kier alpha value is -1.53. The van der Waals surface area contributed by atoms with Crippen LogP contribution < -0.4 is 14.8 Å². The minimum absolute atomic E-state index is 0.0515. The standard InChI is InChI=1S/C20H24Cl2FNO3/c1-2-26-19-11-14(12-24-8-3-4-9-25)10-17(22)20(19)27-13-15-16(21)6-5-7-18(15)23/h5-7,10-11,24-25H,2-4,8-9,12-13H2,1H3. The SMILES string of the molecule is CCOc1cc(CNCCCCO)cc(Cl)c1OCc1c(F)cccc1Cl. The van der Waals surface area contributed by atoms with Gasteiger partial charge < -0.3 is 19.9 Å². The fraction of sp³-hybridized carbons (Fsp3) is 0.400. The predicted octanol–water partition coefficient (Wildman–Crippen LogP) is 4.97. The third kappa shape index (κ3) is 6.54. The van der Waals surface area contributed by atoms with E-state index in [2.05, 4.69) is 5.32 Å². The Labute approximate surface area is 169 Å². The molecular formula is C20H24Cl2FNO3. The lowest BCUT2D eigenvalue weighted by atomic mass is 10.2. The first-order valence-electron chi connectivity index (χ1n) is 8.89. The quantitative estimate of drug-likeness (QED) is 0.508. The Kier molecular flexibility index (Phi) is 9.15. The van der Waals surface area contributed by atoms with Crippen LogP contribution in [0.2, 0.25) is 10.0 Å². The summed E-state index contributed by atoms with van der Waals surface area (Å²) >= 11 is 12.4. The summed E-state index contributed by atoms with van der Waals surface area (Å²) in [7, 11) is 0. The molecule has 0 heterocycles. The van der Waals surface area contributed by atoms with Crippen LogP contribution in [0.4, 0.5) is 4.39 Å². The van der Waals surface area contributed by atoms with Gasteiger partial charge in [-0.2, -0.15) is 0 Å². The average molecular weight is 416 g/mol. The molecule has 4 nitrogen and oxygen atoms in total. The van der Waals surface area contributed by atoms with Crippen LogP contribution in [0, 0.1) is 5.82 Å². The van der Waals surface area contributed by atoms with Gasteiger partial charge in [0.1, 0.15) is 12.4 Å². The number of aliphatic hydroxyl groups excluding tert-OH is 1. The van der Waals surface area contributed by atoms with Crippen LogP contribution in [0.1, 0.15) is 30.9 Å². The van der Waals surface area contributed by atoms with Crippen molar-refractivity contribution in [1.82, 2.24) is 5.32 Å². The van der Waals surface area contributed by atoms with Crippen molar-refractivity contribution in [2.75, 3.05) is 19.8 Å². The molecule has 0 aromatic heterocycles. The molecule has 2 aromatic rings. The summed E-state index contributed by atoms with van der Waals surface area (Å²) in [6.45, 7) is 3.87. The summed E-state index contributed by atoms with van der Waals surface area (Å²) in [5.74, 6) is 0.437. The second-order valence-corrected chi connectivity index (χ2v) is 6.75. The van der Waals surface area contributed by atoms with Crippen molar-refractivity contribution in [3.05, 3.63) is 57.3 Å². The number of nitrogens with one attached hydrogen (secondary N) is 1. The van der Waals surface area contributed by atoms with Crippen molar-refractivity contribution in [1.29, 1.82) is 0 Å². The van der Waals surface area contributed by atoms with Crippen LogP contribution in [-0.4, -0.2) is 24.9 Å². The van der Waals surface area contributed by atoms with Crippen molar-refractivity contribution < 1.29 is 19.0 Å². The van der Waals surface area contributed by atoms with E-state index in [0.717, 1.165) is 24.9 Å². The number of aliphatic hydroxyl groups is 1. The molecule has 0 radical (unpaired) electrons. The van der Waals surface area contributed by atoms with Gasteiger partial charge in [0, 0.05) is 18.7 Å². The lowest BCUT2D eigenvalue weighted by Crippen LogP contribution is -2.15. The monoisotopic (exact) mass is 415 g/mol. The number of ether oxygens (including phenoxy) is 2. The molecule has 0 spiro atoms. The molecular weight excluding hydrogens is 392 g/mol. The second-order valence-electron chi connectivity index (χ2n) is 5.93. The molecule has 0 aliphatic rings. The zero-order valence-corrected chi connectivity index (χ0v) is 16.7. The van der Waals surface area contributed by atoms with E-state index in [-0.39, 0.29) is 18.8 Å². The summed E-state index contributed by atoms with van der Waals surface area (Å²) in [5, 5.41) is 12.8. The zero-order chi connectivity index (χ0) is 19.6. The molecule has 7 heteroatoms. The molecule has 0 atom stereocenters. The average Bonchev–Trinajstić information content (AvgIpc) is 2.63. The number of hydrogen-bond donors (Lipinski definition) is 2. The van der Waals surface area contributed by atoms with Gasteiger partial charge in [-0.3, -0.25) is 0 Å². The van der Waals surface area contributed by atoms with Gasteiger partial charge in [0.15, 0.2) is 11.5 Å². The van der Waals surface area contributed by atoms with E-state index in [1.165, 1.54) is 6.07 Å². The smallest absolute Gasteiger partial charge is 0.180 e. The summed E-state index contributed by atoms with van der Waals surface area (Å²) in [4.78, 5) is 0. The van der Waals surface area contributed by atoms with Gasteiger partial charge in [-0.15, -0.1) is 0 Å². The molecule has 0 fully saturated rings. The number of rotatable bonds is 11. The molecule has 0 aliphatic heterocycles. The minimum atomic E-state index is -0.430. The highest BCUT2D eigenvalue weighted by Crippen LogP contribution is 2.37. The third-order valence-corrected chi connectivity index (χ3v) is 4.52. The second kappa shape index (κ2) is 11.3. The molecule has 2 aromatic carbocycles. The van der Waals surface area contributed by atoms with Crippen LogP contribution in [0.5, 0.6) is 11.5 Å². The number of hydrogen-bond acceptors (Lipinski definition) is 4. The highest BCUT2D eigenvalue weighted by atomic mass is 35.5. The Balaban J connectivity index is 2.10. The Morgan fingerprint density at radius 1 is 1.11 bits per heavy atom. The molecule has 0 saturated heterocycles. The predicted molar refractivity (Wildman–Crippen MR) is 106 cm³/mol. The first kappa shape index (κ1) is 21.8. The highest BCUT2D eigenvalue weighted by molar-refractivity contribution is 6.32. The molecule has 0 unspecified atom stereocenters. The molecule has 2 N–H and O–H groups in total. The van der Waals surface area contributed by atoms with Crippen molar-refractivity contribution >= 4 is 23.2 Å². The van der Waals surface area contributed by atoms with Gasteiger partial charge in [0.2, 0.25) is 0 Å². The van der Waals surface area contributed by atoms with Crippen LogP contribution in [-0.2, 0) is 13.2 Å². The summed E-state index contributed by atoms with van der Waals surface area (Å²) in [6, 6.07) is 8.14. The summed E-state index contributed by atoms with van der Waals surface area (Å²) in [6.07, 6.45) is 1.66. The van der Waals surface area contributed by atoms with Gasteiger partial charge in [-0.25, -0.2) is 4.39 Å². The normalized spacial score (nSPS) is 10.9. The van der Waals surface area contributed by atoms with Crippen LogP contribution in [0.25, 0.3) is 0 Å². The lowest BCUT2D eigenvalue weighted by molar-refractivity contribution is 0.266. The topological polar surface area (TPSA) is 50.7 Å². The molecule has 0 saturated carbocycles. The van der Waals surface area contributed by atoms with E-state index >= 15 is 0 Å². The Morgan fingerprint density at radius 3 is 2.63 bits per heavy atom. The number of unbranched alkanes of at least 4 members (excludes halogenated alkanes) is 1. The van der Waals surface area contributed by atoms with E-state index < -0.39 is 5.82 Å². The molecule has 27 heavy (non-hydrogen) atoms. The summed E-state index contributed by atoms with van der Waals surface area (Å²) in [5.41, 5.74) is 1.22. The van der Waals surface area contributed by atoms with Gasteiger partial charge in [0.05, 0.1) is 16.7 Å². The maximum atomic E-state index is 13.9. The van der Waals surface area contributed by atoms with Gasteiger partial charge in [-0.05, 0) is 56.1 Å². The van der Waals surface area contributed by atoms with Gasteiger partial charge >= 0.3 is 0 Å².